The first-order valence-corrected chi connectivity index (χ1v) is 13.2. The van der Waals surface area contributed by atoms with Gasteiger partial charge in [0.1, 0.15) is 17.6 Å². The molecule has 0 aliphatic heterocycles. The molecule has 0 bridgehead atoms. The van der Waals surface area contributed by atoms with Crippen molar-refractivity contribution in [2.24, 2.45) is 0 Å². The van der Waals surface area contributed by atoms with E-state index >= 15 is 0 Å². The van der Waals surface area contributed by atoms with Crippen molar-refractivity contribution in [2.75, 3.05) is 0 Å². The topological polar surface area (TPSA) is 109 Å². The van der Waals surface area contributed by atoms with Gasteiger partial charge < -0.3 is 0 Å². The van der Waals surface area contributed by atoms with Gasteiger partial charge >= 0.3 is 5.82 Å². The van der Waals surface area contributed by atoms with E-state index in [-0.39, 0.29) is 0 Å². The number of hydrogen-bond acceptors (Lipinski definition) is 5. The highest BCUT2D eigenvalue weighted by Crippen LogP contribution is 2.30. The van der Waals surface area contributed by atoms with Gasteiger partial charge in [0.05, 0.1) is 0 Å². The van der Waals surface area contributed by atoms with Crippen LogP contribution in [0.25, 0.3) is 39.5 Å². The van der Waals surface area contributed by atoms with Crippen LogP contribution in [0, 0.1) is 31.0 Å². The molecular weight excluding hydrogens is 500 g/mol. The Balaban J connectivity index is 0.000000617. The van der Waals surface area contributed by atoms with Crippen molar-refractivity contribution in [3.8, 4) is 39.5 Å². The van der Waals surface area contributed by atoms with Gasteiger partial charge in [-0.25, -0.2) is 18.6 Å². The van der Waals surface area contributed by atoms with Crippen LogP contribution in [0.15, 0.2) is 109 Å². The van der Waals surface area contributed by atoms with Crippen molar-refractivity contribution in [1.29, 1.82) is 0 Å². The van der Waals surface area contributed by atoms with Gasteiger partial charge in [-0.3, -0.25) is 0 Å². The van der Waals surface area contributed by atoms with Gasteiger partial charge in [-0.1, -0.05) is 95.6 Å². The molecule has 6 nitrogen and oxygen atoms in total. The molecule has 0 saturated heterocycles. The van der Waals surface area contributed by atoms with Crippen LogP contribution in [-0.2, 0) is 0 Å². The van der Waals surface area contributed by atoms with E-state index in [1.807, 2.05) is 18.3 Å². The van der Waals surface area contributed by atoms with Crippen molar-refractivity contribution in [3.63, 3.8) is 0 Å². The lowest BCUT2D eigenvalue weighted by Gasteiger charge is -2.17. The molecule has 192 valence electrons. The molecule has 0 N–H and O–H groups in total. The summed E-state index contributed by atoms with van der Waals surface area (Å²) in [5.41, 5.74) is 10.7. The van der Waals surface area contributed by atoms with Gasteiger partial charge in [-0.05, 0) is 55.1 Å². The summed E-state index contributed by atoms with van der Waals surface area (Å²) in [5.74, 6) is 0.902. The van der Waals surface area contributed by atoms with Gasteiger partial charge in [0, 0.05) is 17.2 Å². The van der Waals surface area contributed by atoms with E-state index in [4.69, 9.17) is 23.6 Å². The van der Waals surface area contributed by atoms with Gasteiger partial charge in [-0.2, -0.15) is 4.57 Å². The van der Waals surface area contributed by atoms with Crippen molar-refractivity contribution in [1.82, 2.24) is 4.98 Å². The van der Waals surface area contributed by atoms with Crippen LogP contribution in [0.1, 0.15) is 16.7 Å². The summed E-state index contributed by atoms with van der Waals surface area (Å²) in [6, 6.07) is 36.8. The molecule has 0 fully saturated rings. The van der Waals surface area contributed by atoms with E-state index < -0.39 is 10.2 Å². The zero-order valence-electron chi connectivity index (χ0n) is 21.3. The van der Waals surface area contributed by atoms with E-state index in [1.54, 1.807) is 0 Å². The Morgan fingerprint density at radius 2 is 0.921 bits per heavy atom. The maximum absolute atomic E-state index is 8.49. The molecule has 0 amide bonds. The highest BCUT2D eigenvalue weighted by molar-refractivity contribution is 5.74. The molecule has 0 radical (unpaired) electrons. The summed E-state index contributed by atoms with van der Waals surface area (Å²) < 4.78 is 36.2. The normalized spacial score (nSPS) is 11.0. The first kappa shape index (κ1) is 27.1. The molecule has 0 spiro atoms. The lowest BCUT2D eigenvalue weighted by Crippen LogP contribution is -2.68. The number of aryl methyl sites for hydroxylation is 3. The Bertz CT molecular complexity index is 1430. The quantitative estimate of drug-likeness (QED) is 0.334. The summed E-state index contributed by atoms with van der Waals surface area (Å²) in [4.78, 5) is 4.73. The second-order valence-electron chi connectivity index (χ2n) is 9.01. The molecule has 2 heterocycles. The number of aromatic nitrogens is 2. The Morgan fingerprint density at radius 1 is 0.526 bits per heavy atom. The van der Waals surface area contributed by atoms with E-state index in [0.29, 0.717) is 0 Å². The van der Waals surface area contributed by atoms with Crippen LogP contribution in [0.4, 0.5) is 0 Å². The van der Waals surface area contributed by atoms with E-state index in [1.165, 1.54) is 27.8 Å². The molecule has 0 unspecified atom stereocenters. The summed E-state index contributed by atoms with van der Waals surface area (Å²) in [6.45, 7) is 6.37. The van der Waals surface area contributed by atoms with Crippen LogP contribution < -0.4 is 23.2 Å². The Kier molecular flexibility index (Phi) is 8.32. The molecule has 2 aromatic heterocycles. The molecular formula is C31H27ClN2O4. The summed E-state index contributed by atoms with van der Waals surface area (Å²) >= 11 is 0. The fourth-order valence-electron chi connectivity index (χ4n) is 4.11. The highest BCUT2D eigenvalue weighted by atomic mass is 35.7. The summed E-state index contributed by atoms with van der Waals surface area (Å²) in [6.07, 6.45) is 1.86. The predicted molar refractivity (Wildman–Crippen MR) is 136 cm³/mol. The smallest absolute Gasteiger partial charge is 0.222 e. The molecule has 3 aromatic carbocycles. The van der Waals surface area contributed by atoms with Crippen molar-refractivity contribution in [2.45, 2.75) is 20.8 Å². The number of rotatable bonds is 4. The maximum Gasteiger partial charge on any atom is 0.328 e. The van der Waals surface area contributed by atoms with Gasteiger partial charge in [0.2, 0.25) is 0 Å². The number of nitrogens with zero attached hydrogens (tertiary/aromatic N) is 2. The zero-order chi connectivity index (χ0) is 27.3. The lowest BCUT2D eigenvalue weighted by atomic mass is 9.97. The fraction of sp³-hybridized carbons (Fsp3) is 0.0968. The second kappa shape index (κ2) is 11.6. The standard InChI is InChI=1S/C31H27N2.ClHO4/c1-22-7-13-25(14-8-22)28-20-29(26-15-9-23(2)10-16-26)33(31-6-4-5-19-32-31)30(21-28)27-17-11-24(3)12-18-27;2-1(3,4)5/h4-21H,1-3H3;(H,2,3,4,5)/q+1;/p-1. The molecule has 0 atom stereocenters. The van der Waals surface area contributed by atoms with Crippen molar-refractivity contribution < 1.29 is 33.4 Å². The molecule has 5 rings (SSSR count). The average Bonchev–Trinajstić information content (AvgIpc) is 2.89. The Labute approximate surface area is 224 Å². The third-order valence-electron chi connectivity index (χ3n) is 6.02. The SMILES string of the molecule is Cc1ccc(-c2cc(-c3ccc(C)cc3)[n+](-c3ccccn3)c(-c3ccc(C)cc3)c2)cc1.[O-][Cl+3]([O-])([O-])[O-]. The minimum atomic E-state index is -4.94. The number of halogens is 1. The molecule has 7 heteroatoms. The maximum atomic E-state index is 8.49. The van der Waals surface area contributed by atoms with Crippen LogP contribution in [0.3, 0.4) is 0 Å². The molecule has 0 aliphatic carbocycles. The van der Waals surface area contributed by atoms with E-state index in [2.05, 4.69) is 116 Å². The predicted octanol–water partition coefficient (Wildman–Crippen LogP) is 2.53. The highest BCUT2D eigenvalue weighted by Gasteiger charge is 2.22. The van der Waals surface area contributed by atoms with Crippen LogP contribution in [0.2, 0.25) is 0 Å². The van der Waals surface area contributed by atoms with Crippen LogP contribution >= 0.6 is 0 Å². The second-order valence-corrected chi connectivity index (χ2v) is 9.77. The number of pyridine rings is 2. The first-order chi connectivity index (χ1) is 18.1. The minimum absolute atomic E-state index is 0.902. The van der Waals surface area contributed by atoms with Crippen molar-refractivity contribution >= 4 is 0 Å². The molecule has 38 heavy (non-hydrogen) atoms. The monoisotopic (exact) mass is 526 g/mol. The summed E-state index contributed by atoms with van der Waals surface area (Å²) in [5, 5.41) is 0. The number of benzene rings is 3. The third kappa shape index (κ3) is 7.10. The largest absolute Gasteiger partial charge is 0.328 e. The first-order valence-electron chi connectivity index (χ1n) is 11.9. The zero-order valence-corrected chi connectivity index (χ0v) is 22.1. The molecule has 5 aromatic rings. The molecule has 0 aliphatic rings. The van der Waals surface area contributed by atoms with Gasteiger partial charge in [0.25, 0.3) is 0 Å². The van der Waals surface area contributed by atoms with Crippen molar-refractivity contribution in [3.05, 3.63) is 126 Å². The third-order valence-corrected chi connectivity index (χ3v) is 6.02. The molecule has 0 saturated carbocycles. The van der Waals surface area contributed by atoms with E-state index in [9.17, 15) is 0 Å². The minimum Gasteiger partial charge on any atom is -0.222 e. The van der Waals surface area contributed by atoms with Gasteiger partial charge in [-0.15, -0.1) is 10.2 Å². The Hall–Kier alpha value is -3.91. The van der Waals surface area contributed by atoms with Crippen LogP contribution in [0.5, 0.6) is 0 Å². The fourth-order valence-corrected chi connectivity index (χ4v) is 4.11. The van der Waals surface area contributed by atoms with Gasteiger partial charge in [0.15, 0.2) is 0 Å². The summed E-state index contributed by atoms with van der Waals surface area (Å²) in [7, 11) is -4.94. The van der Waals surface area contributed by atoms with Crippen LogP contribution in [-0.4, -0.2) is 4.98 Å². The van der Waals surface area contributed by atoms with E-state index in [0.717, 1.165) is 28.3 Å². The average molecular weight is 527 g/mol. The Morgan fingerprint density at radius 3 is 1.29 bits per heavy atom. The lowest BCUT2D eigenvalue weighted by molar-refractivity contribution is -2.00. The number of hydrogen-bond donors (Lipinski definition) is 0.